The normalized spacial score (nSPS) is 10.5. The first-order valence-corrected chi connectivity index (χ1v) is 5.77. The van der Waals surface area contributed by atoms with E-state index < -0.39 is 23.2 Å². The molecule has 0 saturated heterocycles. The maximum atomic E-state index is 14.0. The molecule has 19 heavy (non-hydrogen) atoms. The lowest BCUT2D eigenvalue weighted by Gasteiger charge is -2.09. The number of aromatic carboxylic acids is 1. The Labute approximate surface area is 113 Å². The van der Waals surface area contributed by atoms with Gasteiger partial charge in [-0.3, -0.25) is 0 Å². The molecule has 0 saturated carbocycles. The van der Waals surface area contributed by atoms with Gasteiger partial charge >= 0.3 is 5.97 Å². The summed E-state index contributed by atoms with van der Waals surface area (Å²) in [4.78, 5) is 10.8. The molecule has 0 unspecified atom stereocenters. The predicted molar refractivity (Wildman–Crippen MR) is 68.5 cm³/mol. The van der Waals surface area contributed by atoms with Crippen molar-refractivity contribution in [2.45, 2.75) is 6.92 Å². The number of hydrogen-bond acceptors (Lipinski definition) is 1. The molecule has 0 radical (unpaired) electrons. The molecule has 0 aromatic heterocycles. The van der Waals surface area contributed by atoms with E-state index in [9.17, 15) is 13.6 Å². The average molecular weight is 283 g/mol. The van der Waals surface area contributed by atoms with Crippen LogP contribution < -0.4 is 0 Å². The number of hydrogen-bond donors (Lipinski definition) is 1. The number of carboxylic acid groups (broad SMARTS) is 1. The number of aryl methyl sites for hydroxylation is 1. The van der Waals surface area contributed by atoms with Crippen LogP contribution in [-0.2, 0) is 0 Å². The second-order valence-electron chi connectivity index (χ2n) is 4.05. The van der Waals surface area contributed by atoms with E-state index in [4.69, 9.17) is 16.7 Å². The number of halogens is 3. The highest BCUT2D eigenvalue weighted by molar-refractivity contribution is 6.33. The molecule has 1 N–H and O–H groups in total. The molecule has 0 spiro atoms. The Hall–Kier alpha value is -1.94. The van der Waals surface area contributed by atoms with Gasteiger partial charge in [0.2, 0.25) is 0 Å². The summed E-state index contributed by atoms with van der Waals surface area (Å²) in [5.41, 5.74) is 0.129. The van der Waals surface area contributed by atoms with Gasteiger partial charge in [0.25, 0.3) is 0 Å². The van der Waals surface area contributed by atoms with Crippen molar-refractivity contribution in [3.63, 3.8) is 0 Å². The molecule has 0 bridgehead atoms. The van der Waals surface area contributed by atoms with Crippen LogP contribution in [0.25, 0.3) is 11.1 Å². The molecule has 0 fully saturated rings. The predicted octanol–water partition coefficient (Wildman–Crippen LogP) is 4.29. The molecule has 0 aliphatic heterocycles. The summed E-state index contributed by atoms with van der Waals surface area (Å²) in [5, 5.41) is 8.77. The maximum absolute atomic E-state index is 14.0. The summed E-state index contributed by atoms with van der Waals surface area (Å²) in [6.07, 6.45) is 0. The number of rotatable bonds is 2. The van der Waals surface area contributed by atoms with E-state index in [0.29, 0.717) is 5.56 Å². The first-order valence-electron chi connectivity index (χ1n) is 5.39. The molecule has 0 amide bonds. The Kier molecular flexibility index (Phi) is 3.53. The second-order valence-corrected chi connectivity index (χ2v) is 4.46. The molecular formula is C14H9ClF2O2. The minimum Gasteiger partial charge on any atom is -0.478 e. The molecule has 5 heteroatoms. The number of carboxylic acids is 1. The zero-order valence-corrected chi connectivity index (χ0v) is 10.6. The Morgan fingerprint density at radius 3 is 2.53 bits per heavy atom. The topological polar surface area (TPSA) is 37.3 Å². The van der Waals surface area contributed by atoms with Gasteiger partial charge in [0.1, 0.15) is 11.6 Å². The first-order chi connectivity index (χ1) is 8.91. The standard InChI is InChI=1S/C14H9ClF2O2/c1-7-3-2-4-8(13(7)17)9-6-12(16)10(14(18)19)5-11(9)15/h2-6H,1H3,(H,18,19). The number of carbonyl (C=O) groups is 1. The molecule has 2 aromatic carbocycles. The van der Waals surface area contributed by atoms with E-state index in [1.165, 1.54) is 6.07 Å². The fourth-order valence-corrected chi connectivity index (χ4v) is 2.04. The van der Waals surface area contributed by atoms with Gasteiger partial charge in [-0.15, -0.1) is 0 Å². The van der Waals surface area contributed by atoms with Gasteiger partial charge in [-0.2, -0.15) is 0 Å². The van der Waals surface area contributed by atoms with Crippen molar-refractivity contribution in [1.82, 2.24) is 0 Å². The van der Waals surface area contributed by atoms with E-state index in [-0.39, 0.29) is 16.1 Å². The van der Waals surface area contributed by atoms with Crippen molar-refractivity contribution < 1.29 is 18.7 Å². The lowest BCUT2D eigenvalue weighted by molar-refractivity contribution is 0.0692. The summed E-state index contributed by atoms with van der Waals surface area (Å²) < 4.78 is 27.6. The number of benzene rings is 2. The van der Waals surface area contributed by atoms with Gasteiger partial charge in [0, 0.05) is 16.1 Å². The highest BCUT2D eigenvalue weighted by atomic mass is 35.5. The van der Waals surface area contributed by atoms with Crippen LogP contribution in [0.1, 0.15) is 15.9 Å². The minimum atomic E-state index is -1.42. The fourth-order valence-electron chi connectivity index (χ4n) is 1.77. The van der Waals surface area contributed by atoms with E-state index in [1.54, 1.807) is 19.1 Å². The summed E-state index contributed by atoms with van der Waals surface area (Å²) in [6, 6.07) is 6.57. The van der Waals surface area contributed by atoms with Crippen molar-refractivity contribution in [2.24, 2.45) is 0 Å². The minimum absolute atomic E-state index is 0.0108. The molecule has 98 valence electrons. The molecule has 0 aliphatic rings. The van der Waals surface area contributed by atoms with Crippen LogP contribution in [0.5, 0.6) is 0 Å². The first kappa shape index (κ1) is 13.5. The van der Waals surface area contributed by atoms with Crippen LogP contribution in [0.2, 0.25) is 5.02 Å². The highest BCUT2D eigenvalue weighted by Gasteiger charge is 2.17. The van der Waals surface area contributed by atoms with Gasteiger partial charge in [-0.25, -0.2) is 13.6 Å². The van der Waals surface area contributed by atoms with Crippen molar-refractivity contribution in [1.29, 1.82) is 0 Å². The molecular weight excluding hydrogens is 274 g/mol. The highest BCUT2D eigenvalue weighted by Crippen LogP contribution is 2.33. The molecule has 2 nitrogen and oxygen atoms in total. The van der Waals surface area contributed by atoms with Gasteiger partial charge in [-0.1, -0.05) is 29.8 Å². The molecule has 0 heterocycles. The van der Waals surface area contributed by atoms with Crippen LogP contribution in [-0.4, -0.2) is 11.1 Å². The van der Waals surface area contributed by atoms with Crippen LogP contribution in [0.3, 0.4) is 0 Å². The molecule has 2 aromatic rings. The molecule has 0 atom stereocenters. The van der Waals surface area contributed by atoms with E-state index in [0.717, 1.165) is 12.1 Å². The maximum Gasteiger partial charge on any atom is 0.338 e. The monoisotopic (exact) mass is 282 g/mol. The lowest BCUT2D eigenvalue weighted by atomic mass is 10.0. The average Bonchev–Trinajstić information content (AvgIpc) is 2.35. The Balaban J connectivity index is 2.67. The smallest absolute Gasteiger partial charge is 0.338 e. The summed E-state index contributed by atoms with van der Waals surface area (Å²) >= 11 is 5.91. The zero-order valence-electron chi connectivity index (χ0n) is 9.88. The van der Waals surface area contributed by atoms with Crippen LogP contribution in [0.15, 0.2) is 30.3 Å². The Morgan fingerprint density at radius 2 is 1.89 bits per heavy atom. The lowest BCUT2D eigenvalue weighted by Crippen LogP contribution is -2.01. The van der Waals surface area contributed by atoms with Crippen molar-refractivity contribution >= 4 is 17.6 Å². The van der Waals surface area contributed by atoms with Gasteiger partial charge in [-0.05, 0) is 24.6 Å². The Morgan fingerprint density at radius 1 is 1.21 bits per heavy atom. The van der Waals surface area contributed by atoms with Crippen molar-refractivity contribution in [3.05, 3.63) is 58.1 Å². The summed E-state index contributed by atoms with van der Waals surface area (Å²) in [7, 11) is 0. The Bertz CT molecular complexity index is 669. The third-order valence-electron chi connectivity index (χ3n) is 2.77. The summed E-state index contributed by atoms with van der Waals surface area (Å²) in [6.45, 7) is 1.58. The largest absolute Gasteiger partial charge is 0.478 e. The molecule has 2 rings (SSSR count). The SMILES string of the molecule is Cc1cccc(-c2cc(F)c(C(=O)O)cc2Cl)c1F. The van der Waals surface area contributed by atoms with Crippen LogP contribution in [0.4, 0.5) is 8.78 Å². The van der Waals surface area contributed by atoms with Gasteiger partial charge in [0.15, 0.2) is 0 Å². The third-order valence-corrected chi connectivity index (χ3v) is 3.08. The third kappa shape index (κ3) is 2.44. The van der Waals surface area contributed by atoms with Crippen LogP contribution >= 0.6 is 11.6 Å². The van der Waals surface area contributed by atoms with E-state index in [2.05, 4.69) is 0 Å². The quantitative estimate of drug-likeness (QED) is 0.892. The van der Waals surface area contributed by atoms with E-state index >= 15 is 0 Å². The van der Waals surface area contributed by atoms with Gasteiger partial charge in [0.05, 0.1) is 5.56 Å². The molecule has 0 aliphatic carbocycles. The van der Waals surface area contributed by atoms with E-state index in [1.807, 2.05) is 0 Å². The second kappa shape index (κ2) is 4.97. The zero-order chi connectivity index (χ0) is 14.2. The van der Waals surface area contributed by atoms with Crippen LogP contribution in [0, 0.1) is 18.6 Å². The van der Waals surface area contributed by atoms with Crippen molar-refractivity contribution in [3.8, 4) is 11.1 Å². The van der Waals surface area contributed by atoms with Gasteiger partial charge < -0.3 is 5.11 Å². The fraction of sp³-hybridized carbons (Fsp3) is 0.0714. The van der Waals surface area contributed by atoms with Crippen molar-refractivity contribution in [2.75, 3.05) is 0 Å². The summed E-state index contributed by atoms with van der Waals surface area (Å²) in [5.74, 6) is -2.88.